The molecule has 0 amide bonds. The molecule has 0 atom stereocenters. The van der Waals surface area contributed by atoms with Gasteiger partial charge in [0.1, 0.15) is 0 Å². The van der Waals surface area contributed by atoms with Gasteiger partial charge in [-0.1, -0.05) is 268 Å². The molecule has 3 aromatic carbocycles. The molecule has 0 spiro atoms. The van der Waals surface area contributed by atoms with E-state index >= 15 is 0 Å². The number of allylic oxidation sites excluding steroid dienone is 4. The Kier molecular flexibility index (Phi) is 16.6. The summed E-state index contributed by atoms with van der Waals surface area (Å²) in [6.07, 6.45) is 0. The summed E-state index contributed by atoms with van der Waals surface area (Å²) in [4.78, 5) is 0. The molecule has 0 aromatic heterocycles. The Bertz CT molecular complexity index is 2400. The van der Waals surface area contributed by atoms with E-state index in [1.54, 1.807) is 55.7 Å². The maximum atomic E-state index is 2.77. The first-order valence-electron chi connectivity index (χ1n) is 27.6. The predicted octanol–water partition coefficient (Wildman–Crippen LogP) is 12.0. The zero-order valence-electron chi connectivity index (χ0n) is 53.6. The maximum absolute atomic E-state index is 3.37. The van der Waals surface area contributed by atoms with E-state index in [1.165, 1.54) is 0 Å². The molecule has 0 unspecified atom stereocenters. The molecule has 0 saturated carbocycles. The van der Waals surface area contributed by atoms with Gasteiger partial charge in [0.2, 0.25) is 0 Å². The minimum absolute atomic E-state index is 0.328. The Hall–Kier alpha value is -0.691. The summed E-state index contributed by atoms with van der Waals surface area (Å²) in [5.74, 6) is 0. The van der Waals surface area contributed by atoms with E-state index < -0.39 is 80.7 Å². The highest BCUT2D eigenvalue weighted by Gasteiger charge is 2.60. The van der Waals surface area contributed by atoms with E-state index in [2.05, 4.69) is 246 Å². The van der Waals surface area contributed by atoms with Gasteiger partial charge < -0.3 is 0 Å². The Morgan fingerprint density at radius 2 is 0.300 bits per heavy atom. The molecule has 0 nitrogen and oxygen atoms in total. The van der Waals surface area contributed by atoms with Crippen LogP contribution in [0.25, 0.3) is 0 Å². The van der Waals surface area contributed by atoms with Gasteiger partial charge in [0.15, 0.2) is 8.07 Å². The van der Waals surface area contributed by atoms with Gasteiger partial charge >= 0.3 is 0 Å². The number of rotatable bonds is 13. The monoisotopic (exact) mass is 1110 g/mol. The lowest BCUT2D eigenvalue weighted by Gasteiger charge is -2.53. The van der Waals surface area contributed by atoms with Crippen molar-refractivity contribution in [3.8, 4) is 0 Å². The van der Waals surface area contributed by atoms with Crippen LogP contribution >= 0.6 is 0 Å². The van der Waals surface area contributed by atoms with Crippen LogP contribution in [-0.4, -0.2) is 80.7 Å². The highest BCUT2D eigenvalue weighted by Crippen LogP contribution is 2.47. The van der Waals surface area contributed by atoms with Crippen molar-refractivity contribution in [2.45, 2.75) is 252 Å². The number of benzene rings is 3. The minimum atomic E-state index is -3.37. The average Bonchev–Trinajstić information content (AvgIpc) is 3.28. The van der Waals surface area contributed by atoms with Crippen LogP contribution in [0.5, 0.6) is 0 Å². The zero-order chi connectivity index (χ0) is 55.3. The van der Waals surface area contributed by atoms with Gasteiger partial charge in [-0.05, 0) is 95.9 Å². The standard InChI is InChI=1S/C60H112Si10/c1-38-39(2)41(4)48(40(38)3)70(58-45(8)52(64(20,21)22)49(61(11,12)13)42(5)55(58)67(29,30)31,59-46(9)53(65(23,24)25)50(62(14,15)16)43(6)56(59)68(32,33)34)60-47(10)54(66(26,27)28)51(63(17,18)19)44(7)57(60)69(35,36)37/h48H,1-37H3. The summed E-state index contributed by atoms with van der Waals surface area (Å²) < 4.78 is 0. The third kappa shape index (κ3) is 10.3. The summed E-state index contributed by atoms with van der Waals surface area (Å²) in [6, 6.07) is 0. The van der Waals surface area contributed by atoms with Gasteiger partial charge in [0, 0.05) is 5.54 Å². The van der Waals surface area contributed by atoms with Crippen molar-refractivity contribution >= 4 is 143 Å². The third-order valence-corrected chi connectivity index (χ3v) is 43.6. The highest BCUT2D eigenvalue weighted by atomic mass is 28.3. The second-order valence-corrected chi connectivity index (χ2v) is 81.1. The lowest BCUT2D eigenvalue weighted by molar-refractivity contribution is 1.09. The smallest absolute Gasteiger partial charge is 0.0656 e. The second kappa shape index (κ2) is 18.8. The van der Waals surface area contributed by atoms with Crippen molar-refractivity contribution in [2.75, 3.05) is 0 Å². The number of hydrogen-bond acceptors (Lipinski definition) is 0. The molecule has 0 aliphatic heterocycles. The van der Waals surface area contributed by atoms with Crippen molar-refractivity contribution in [1.82, 2.24) is 0 Å². The lowest BCUT2D eigenvalue weighted by atomic mass is 10.1. The molecule has 10 heteroatoms. The van der Waals surface area contributed by atoms with Gasteiger partial charge in [0.25, 0.3) is 0 Å². The van der Waals surface area contributed by atoms with Gasteiger partial charge in [-0.25, -0.2) is 0 Å². The van der Waals surface area contributed by atoms with E-state index in [0.717, 1.165) is 0 Å². The first-order valence-corrected chi connectivity index (χ1v) is 61.2. The third-order valence-electron chi connectivity index (χ3n) is 17.0. The summed E-state index contributed by atoms with van der Waals surface area (Å²) >= 11 is 0. The molecule has 392 valence electrons. The molecule has 3 aromatic rings. The van der Waals surface area contributed by atoms with Gasteiger partial charge in [-0.2, -0.15) is 0 Å². The van der Waals surface area contributed by atoms with Crippen LogP contribution in [0.15, 0.2) is 22.3 Å². The van der Waals surface area contributed by atoms with Gasteiger partial charge in [-0.3, -0.25) is 0 Å². The molecule has 4 rings (SSSR count). The summed E-state index contributed by atoms with van der Waals surface area (Å²) in [5, 5.41) is 22.4. The molecule has 1 aliphatic carbocycles. The van der Waals surface area contributed by atoms with Crippen molar-refractivity contribution in [3.05, 3.63) is 55.7 Å². The largest absolute Gasteiger partial charge is 0.159 e. The molecule has 0 saturated heterocycles. The molecule has 0 bridgehead atoms. The van der Waals surface area contributed by atoms with Gasteiger partial charge in [-0.15, -0.1) is 0 Å². The van der Waals surface area contributed by atoms with E-state index in [-0.39, 0.29) is 0 Å². The quantitative estimate of drug-likeness (QED) is 0.118. The Labute approximate surface area is 446 Å². The molecule has 0 heterocycles. The number of hydrogen-bond donors (Lipinski definition) is 0. The van der Waals surface area contributed by atoms with Crippen LogP contribution < -0.4 is 62.2 Å². The van der Waals surface area contributed by atoms with Crippen molar-refractivity contribution in [3.63, 3.8) is 0 Å². The maximum Gasteiger partial charge on any atom is 0.159 e. The normalized spacial score (nSPS) is 15.9. The molecule has 1 aliphatic rings. The fourth-order valence-corrected chi connectivity index (χ4v) is 55.3. The van der Waals surface area contributed by atoms with E-state index in [9.17, 15) is 0 Å². The Morgan fingerprint density at radius 3 is 0.429 bits per heavy atom. The fraction of sp³-hybridized carbons (Fsp3) is 0.633. The van der Waals surface area contributed by atoms with Crippen molar-refractivity contribution in [1.29, 1.82) is 0 Å². The van der Waals surface area contributed by atoms with E-state index in [0.29, 0.717) is 5.54 Å². The summed E-state index contributed by atoms with van der Waals surface area (Å²) in [5.41, 5.74) is 17.3. The Morgan fingerprint density at radius 1 is 0.186 bits per heavy atom. The summed E-state index contributed by atoms with van der Waals surface area (Å²) in [6.45, 7) is 100. The molecule has 0 N–H and O–H groups in total. The zero-order valence-corrected chi connectivity index (χ0v) is 63.6. The lowest BCUT2D eigenvalue weighted by Crippen LogP contribution is -2.87. The van der Waals surface area contributed by atoms with E-state index in [1.807, 2.05) is 62.2 Å². The topological polar surface area (TPSA) is 0 Å². The molecule has 0 fully saturated rings. The molecule has 0 radical (unpaired) electrons. The van der Waals surface area contributed by atoms with Crippen molar-refractivity contribution in [2.24, 2.45) is 0 Å². The first kappa shape index (κ1) is 61.9. The SMILES string of the molecule is CC1=C(C)C([Si](c2c(C)c([Si](C)(C)C)c([Si](C)(C)C)c(C)c2[Si](C)(C)C)(c2c(C)c([Si](C)(C)C)c([Si](C)(C)C)c(C)c2[Si](C)(C)C)c2c(C)c([Si](C)(C)C)c([Si](C)(C)C)c(C)c2[Si](C)(C)C)C(C)=C1C. The van der Waals surface area contributed by atoms with Crippen LogP contribution in [0.2, 0.25) is 182 Å². The fourth-order valence-electron chi connectivity index (χ4n) is 15.7. The van der Waals surface area contributed by atoms with Crippen LogP contribution in [-0.2, 0) is 0 Å². The van der Waals surface area contributed by atoms with Crippen molar-refractivity contribution < 1.29 is 0 Å². The van der Waals surface area contributed by atoms with Crippen LogP contribution in [0, 0.1) is 41.5 Å². The van der Waals surface area contributed by atoms with E-state index in [4.69, 9.17) is 0 Å². The van der Waals surface area contributed by atoms with Crippen LogP contribution in [0.3, 0.4) is 0 Å². The van der Waals surface area contributed by atoms with Crippen LogP contribution in [0.4, 0.5) is 0 Å². The highest BCUT2D eigenvalue weighted by molar-refractivity contribution is 7.22. The first-order chi connectivity index (χ1) is 30.7. The van der Waals surface area contributed by atoms with Crippen LogP contribution in [0.1, 0.15) is 61.1 Å². The second-order valence-electron chi connectivity index (χ2n) is 32.4. The van der Waals surface area contributed by atoms with Gasteiger partial charge in [0.05, 0.1) is 72.7 Å². The average molecular weight is 1110 g/mol. The minimum Gasteiger partial charge on any atom is -0.0656 e. The molecule has 70 heavy (non-hydrogen) atoms. The molecular weight excluding hydrogens is 1000 g/mol. The summed E-state index contributed by atoms with van der Waals surface area (Å²) in [7, 11) is -21.2. The molecular formula is C60H112Si10. The Balaban J connectivity index is 3.11. The predicted molar refractivity (Wildman–Crippen MR) is 360 cm³/mol.